The summed E-state index contributed by atoms with van der Waals surface area (Å²) in [4.78, 5) is 2.48. The van der Waals surface area contributed by atoms with E-state index in [4.69, 9.17) is 0 Å². The van der Waals surface area contributed by atoms with E-state index in [1.54, 1.807) is 0 Å². The molecule has 0 N–H and O–H groups in total. The normalized spacial score (nSPS) is 15.3. The van der Waals surface area contributed by atoms with E-state index in [1.807, 2.05) is 4.99 Å². The summed E-state index contributed by atoms with van der Waals surface area (Å²) in [5.41, 5.74) is 0. The molecular weight excluding hydrogens is 220 g/mol. The Morgan fingerprint density at radius 3 is 2.43 bits per heavy atom. The third kappa shape index (κ3) is 6.70. The fraction of sp³-hybridized carbons (Fsp3) is 0.600. The molecule has 0 aromatic carbocycles. The number of allylic oxidation sites excluding steroid dienone is 1. The molecule has 0 aliphatic heterocycles. The summed E-state index contributed by atoms with van der Waals surface area (Å²) in [5, 5.41) is 0. The smallest absolute Gasteiger partial charge is 0.0152 e. The largest absolute Gasteiger partial charge is 0.0890 e. The zero-order valence-electron chi connectivity index (χ0n) is 4.20. The molecule has 0 bridgehead atoms. The molecule has 0 aliphatic rings. The van der Waals surface area contributed by atoms with Crippen LogP contribution in [0.25, 0.3) is 0 Å². The number of rotatable bonds is 2. The molecule has 0 spiro atoms. The summed E-state index contributed by atoms with van der Waals surface area (Å²) >= 11 is 6.58. The van der Waals surface area contributed by atoms with Crippen LogP contribution in [-0.2, 0) is 0 Å². The Morgan fingerprint density at radius 1 is 1.71 bits per heavy atom. The van der Waals surface area contributed by atoms with Crippen LogP contribution in [0.3, 0.4) is 0 Å². The highest BCUT2D eigenvalue weighted by Crippen LogP contribution is 2.03. The fourth-order valence-electron chi connectivity index (χ4n) is 0.239. The van der Waals surface area contributed by atoms with Crippen LogP contribution in [0.2, 0.25) is 0 Å². The topological polar surface area (TPSA) is 0 Å². The van der Waals surface area contributed by atoms with E-state index < -0.39 is 0 Å². The van der Waals surface area contributed by atoms with Crippen LogP contribution >= 0.6 is 31.9 Å². The quantitative estimate of drug-likeness (QED) is 0.637. The van der Waals surface area contributed by atoms with Crippen molar-refractivity contribution in [3.8, 4) is 0 Å². The SMILES string of the molecule is CC(Br)CC=CBr. The maximum atomic E-state index is 3.40. The Kier molecular flexibility index (Phi) is 5.33. The zero-order chi connectivity index (χ0) is 5.70. The van der Waals surface area contributed by atoms with Crippen molar-refractivity contribution < 1.29 is 0 Å². The number of hydrogen-bond acceptors (Lipinski definition) is 0. The third-order valence-electron chi connectivity index (χ3n) is 0.550. The van der Waals surface area contributed by atoms with Crippen molar-refractivity contribution in [2.24, 2.45) is 0 Å². The summed E-state index contributed by atoms with van der Waals surface area (Å²) < 4.78 is 0. The van der Waals surface area contributed by atoms with Gasteiger partial charge in [-0.3, -0.25) is 0 Å². The van der Waals surface area contributed by atoms with Gasteiger partial charge in [0.25, 0.3) is 0 Å². The van der Waals surface area contributed by atoms with Crippen LogP contribution in [0.1, 0.15) is 13.3 Å². The molecule has 0 fully saturated rings. The van der Waals surface area contributed by atoms with Crippen molar-refractivity contribution in [2.75, 3.05) is 0 Å². The Morgan fingerprint density at radius 2 is 2.29 bits per heavy atom. The van der Waals surface area contributed by atoms with Crippen molar-refractivity contribution in [3.05, 3.63) is 11.1 Å². The average molecular weight is 228 g/mol. The molecule has 42 valence electrons. The van der Waals surface area contributed by atoms with Crippen molar-refractivity contribution in [3.63, 3.8) is 0 Å². The van der Waals surface area contributed by atoms with Crippen LogP contribution in [0, 0.1) is 0 Å². The van der Waals surface area contributed by atoms with Gasteiger partial charge in [-0.05, 0) is 11.4 Å². The lowest BCUT2D eigenvalue weighted by Gasteiger charge is -1.91. The number of hydrogen-bond donors (Lipinski definition) is 0. The molecule has 2 heteroatoms. The molecule has 0 radical (unpaired) electrons. The molecule has 0 saturated carbocycles. The molecule has 0 aliphatic carbocycles. The van der Waals surface area contributed by atoms with Crippen LogP contribution in [-0.4, -0.2) is 4.83 Å². The van der Waals surface area contributed by atoms with E-state index in [0.717, 1.165) is 6.42 Å². The van der Waals surface area contributed by atoms with Gasteiger partial charge in [-0.1, -0.05) is 44.9 Å². The van der Waals surface area contributed by atoms with Gasteiger partial charge in [0.2, 0.25) is 0 Å². The lowest BCUT2D eigenvalue weighted by Crippen LogP contribution is -1.82. The Labute approximate surface area is 61.2 Å². The van der Waals surface area contributed by atoms with Crippen molar-refractivity contribution in [2.45, 2.75) is 18.2 Å². The maximum absolute atomic E-state index is 3.40. The molecule has 0 amide bonds. The summed E-state index contributed by atoms with van der Waals surface area (Å²) in [5.74, 6) is 0. The predicted molar refractivity (Wildman–Crippen MR) is 41.1 cm³/mol. The summed E-state index contributed by atoms with van der Waals surface area (Å²) in [6.07, 6.45) is 3.16. The minimum atomic E-state index is 0.598. The first-order valence-electron chi connectivity index (χ1n) is 2.16. The Hall–Kier alpha value is 0.700. The summed E-state index contributed by atoms with van der Waals surface area (Å²) in [7, 11) is 0. The Balaban J connectivity index is 2.97. The van der Waals surface area contributed by atoms with Gasteiger partial charge in [-0.15, -0.1) is 0 Å². The molecule has 0 aromatic rings. The van der Waals surface area contributed by atoms with Crippen LogP contribution in [0.15, 0.2) is 11.1 Å². The van der Waals surface area contributed by atoms with Crippen molar-refractivity contribution in [1.29, 1.82) is 0 Å². The highest BCUT2D eigenvalue weighted by molar-refractivity contribution is 9.11. The van der Waals surface area contributed by atoms with E-state index in [0.29, 0.717) is 4.83 Å². The first kappa shape index (κ1) is 7.70. The van der Waals surface area contributed by atoms with E-state index in [1.165, 1.54) is 0 Å². The van der Waals surface area contributed by atoms with Crippen molar-refractivity contribution in [1.82, 2.24) is 0 Å². The van der Waals surface area contributed by atoms with Crippen LogP contribution in [0.5, 0.6) is 0 Å². The van der Waals surface area contributed by atoms with E-state index >= 15 is 0 Å². The summed E-state index contributed by atoms with van der Waals surface area (Å²) in [6.45, 7) is 2.12. The van der Waals surface area contributed by atoms with Crippen molar-refractivity contribution >= 4 is 31.9 Å². The molecule has 1 atom stereocenters. The van der Waals surface area contributed by atoms with Gasteiger partial charge in [-0.25, -0.2) is 0 Å². The second kappa shape index (κ2) is 4.85. The highest BCUT2D eigenvalue weighted by Gasteiger charge is 1.86. The maximum Gasteiger partial charge on any atom is 0.0152 e. The number of halogens is 2. The minimum Gasteiger partial charge on any atom is -0.0890 e. The molecule has 0 heterocycles. The van der Waals surface area contributed by atoms with E-state index in [9.17, 15) is 0 Å². The van der Waals surface area contributed by atoms with Gasteiger partial charge < -0.3 is 0 Å². The lowest BCUT2D eigenvalue weighted by atomic mass is 10.3. The lowest BCUT2D eigenvalue weighted by molar-refractivity contribution is 1.00. The molecule has 0 aromatic heterocycles. The standard InChI is InChI=1S/C5H8Br2/c1-5(7)3-2-4-6/h2,4-5H,3H2,1H3. The van der Waals surface area contributed by atoms with Gasteiger partial charge in [0.05, 0.1) is 0 Å². The van der Waals surface area contributed by atoms with Gasteiger partial charge in [-0.2, -0.15) is 0 Å². The van der Waals surface area contributed by atoms with Crippen LogP contribution < -0.4 is 0 Å². The molecule has 1 unspecified atom stereocenters. The first-order valence-corrected chi connectivity index (χ1v) is 3.99. The van der Waals surface area contributed by atoms with Gasteiger partial charge >= 0.3 is 0 Å². The molecule has 0 nitrogen and oxygen atoms in total. The Bertz CT molecular complexity index is 57.1. The second-order valence-corrected chi connectivity index (χ2v) is 3.47. The zero-order valence-corrected chi connectivity index (χ0v) is 7.37. The summed E-state index contributed by atoms with van der Waals surface area (Å²) in [6, 6.07) is 0. The molecule has 0 saturated heterocycles. The third-order valence-corrected chi connectivity index (χ3v) is 1.30. The number of alkyl halides is 1. The minimum absolute atomic E-state index is 0.598. The highest BCUT2D eigenvalue weighted by atomic mass is 79.9. The average Bonchev–Trinajstić information content (AvgIpc) is 1.61. The van der Waals surface area contributed by atoms with Crippen LogP contribution in [0.4, 0.5) is 0 Å². The van der Waals surface area contributed by atoms with E-state index in [2.05, 4.69) is 44.9 Å². The first-order chi connectivity index (χ1) is 3.27. The van der Waals surface area contributed by atoms with E-state index in [-0.39, 0.29) is 0 Å². The monoisotopic (exact) mass is 226 g/mol. The molecule has 7 heavy (non-hydrogen) atoms. The predicted octanol–water partition coefficient (Wildman–Crippen LogP) is 3.07. The van der Waals surface area contributed by atoms with Gasteiger partial charge in [0, 0.05) is 4.83 Å². The second-order valence-electron chi connectivity index (χ2n) is 1.38. The molecule has 0 rings (SSSR count). The molecular formula is C5H8Br2. The van der Waals surface area contributed by atoms with Gasteiger partial charge in [0.15, 0.2) is 0 Å². The van der Waals surface area contributed by atoms with Gasteiger partial charge in [0.1, 0.15) is 0 Å². The fourth-order valence-corrected chi connectivity index (χ4v) is 0.671.